The SMILES string of the molecule is CCCC(O)C(CCC)(CCC)C(O)CC.O=C(O)c1ccccc1.O=C(O)c1ccccc1. The quantitative estimate of drug-likeness (QED) is 0.305. The summed E-state index contributed by atoms with van der Waals surface area (Å²) in [4.78, 5) is 20.4. The summed E-state index contributed by atoms with van der Waals surface area (Å²) < 4.78 is 0. The van der Waals surface area contributed by atoms with Crippen LogP contribution in [0.5, 0.6) is 0 Å². The van der Waals surface area contributed by atoms with E-state index >= 15 is 0 Å². The highest BCUT2D eigenvalue weighted by Gasteiger charge is 2.41. The monoisotopic (exact) mass is 474 g/mol. The predicted octanol–water partition coefficient (Wildman–Crippen LogP) is 6.27. The number of hydrogen-bond donors (Lipinski definition) is 4. The summed E-state index contributed by atoms with van der Waals surface area (Å²) in [6.45, 7) is 8.35. The normalized spacial score (nSPS) is 12.3. The molecule has 0 bridgehead atoms. The molecule has 2 aromatic carbocycles. The molecule has 190 valence electrons. The first-order chi connectivity index (χ1) is 16.2. The van der Waals surface area contributed by atoms with Crippen molar-refractivity contribution >= 4 is 11.9 Å². The van der Waals surface area contributed by atoms with Crippen molar-refractivity contribution in [2.75, 3.05) is 0 Å². The van der Waals surface area contributed by atoms with Crippen LogP contribution in [0.2, 0.25) is 0 Å². The van der Waals surface area contributed by atoms with Gasteiger partial charge in [0.25, 0.3) is 0 Å². The van der Waals surface area contributed by atoms with E-state index < -0.39 is 11.9 Å². The van der Waals surface area contributed by atoms with Crippen LogP contribution in [0.1, 0.15) is 93.4 Å². The molecular weight excluding hydrogens is 432 g/mol. The zero-order valence-corrected chi connectivity index (χ0v) is 21.0. The van der Waals surface area contributed by atoms with Gasteiger partial charge in [0.15, 0.2) is 0 Å². The number of hydrogen-bond acceptors (Lipinski definition) is 4. The maximum absolute atomic E-state index is 10.4. The van der Waals surface area contributed by atoms with Crippen molar-refractivity contribution < 1.29 is 30.0 Å². The van der Waals surface area contributed by atoms with Crippen molar-refractivity contribution in [1.82, 2.24) is 0 Å². The molecule has 0 aliphatic rings. The average Bonchev–Trinajstić information content (AvgIpc) is 2.85. The van der Waals surface area contributed by atoms with E-state index in [1.807, 2.05) is 6.92 Å². The van der Waals surface area contributed by atoms with Crippen LogP contribution in [-0.4, -0.2) is 44.6 Å². The summed E-state index contributed by atoms with van der Waals surface area (Å²) in [5.41, 5.74) is 0.392. The minimum Gasteiger partial charge on any atom is -0.478 e. The second-order valence-corrected chi connectivity index (χ2v) is 8.30. The van der Waals surface area contributed by atoms with E-state index in [2.05, 4.69) is 20.8 Å². The van der Waals surface area contributed by atoms with E-state index in [0.29, 0.717) is 11.1 Å². The van der Waals surface area contributed by atoms with Crippen molar-refractivity contribution in [1.29, 1.82) is 0 Å². The van der Waals surface area contributed by atoms with Gasteiger partial charge in [0.2, 0.25) is 0 Å². The van der Waals surface area contributed by atoms with Crippen LogP contribution in [-0.2, 0) is 0 Å². The number of carbonyl (C=O) groups is 2. The summed E-state index contributed by atoms with van der Waals surface area (Å²) in [5.74, 6) is -1.76. The van der Waals surface area contributed by atoms with Gasteiger partial charge in [-0.05, 0) is 49.9 Å². The van der Waals surface area contributed by atoms with Crippen LogP contribution in [0.15, 0.2) is 60.7 Å². The summed E-state index contributed by atoms with van der Waals surface area (Å²) in [6, 6.07) is 16.6. The highest BCUT2D eigenvalue weighted by atomic mass is 16.4. The Hall–Kier alpha value is -2.70. The Balaban J connectivity index is 0.000000513. The smallest absolute Gasteiger partial charge is 0.335 e. The summed E-state index contributed by atoms with van der Waals surface area (Å²) >= 11 is 0. The van der Waals surface area contributed by atoms with Gasteiger partial charge in [-0.2, -0.15) is 0 Å². The molecule has 0 aliphatic heterocycles. The van der Waals surface area contributed by atoms with Gasteiger partial charge in [-0.1, -0.05) is 83.4 Å². The van der Waals surface area contributed by atoms with Gasteiger partial charge in [-0.25, -0.2) is 9.59 Å². The van der Waals surface area contributed by atoms with Crippen LogP contribution in [0.4, 0.5) is 0 Å². The van der Waals surface area contributed by atoms with E-state index in [4.69, 9.17) is 10.2 Å². The van der Waals surface area contributed by atoms with Gasteiger partial charge >= 0.3 is 11.9 Å². The topological polar surface area (TPSA) is 115 Å². The maximum Gasteiger partial charge on any atom is 0.335 e. The second-order valence-electron chi connectivity index (χ2n) is 8.30. The van der Waals surface area contributed by atoms with Gasteiger partial charge in [0, 0.05) is 5.41 Å². The van der Waals surface area contributed by atoms with Crippen LogP contribution in [0, 0.1) is 5.41 Å². The molecule has 0 spiro atoms. The van der Waals surface area contributed by atoms with Crippen molar-refractivity contribution in [3.05, 3.63) is 71.8 Å². The third-order valence-electron chi connectivity index (χ3n) is 5.75. The fourth-order valence-electron chi connectivity index (χ4n) is 4.07. The molecule has 2 atom stereocenters. The van der Waals surface area contributed by atoms with E-state index in [-0.39, 0.29) is 17.6 Å². The number of carboxylic acid groups (broad SMARTS) is 2. The number of benzene rings is 2. The Kier molecular flexibility index (Phi) is 16.3. The molecular formula is C28H42O6. The highest BCUT2D eigenvalue weighted by Crippen LogP contribution is 2.40. The third-order valence-corrected chi connectivity index (χ3v) is 5.75. The number of aliphatic hydroxyl groups is 2. The number of aromatic carboxylic acids is 2. The largest absolute Gasteiger partial charge is 0.478 e. The molecule has 6 heteroatoms. The van der Waals surface area contributed by atoms with Crippen LogP contribution >= 0.6 is 0 Å². The van der Waals surface area contributed by atoms with E-state index in [0.717, 1.165) is 44.9 Å². The molecule has 2 rings (SSSR count). The zero-order chi connectivity index (χ0) is 26.0. The molecule has 0 aromatic heterocycles. The van der Waals surface area contributed by atoms with Crippen LogP contribution in [0.3, 0.4) is 0 Å². The van der Waals surface area contributed by atoms with Crippen LogP contribution in [0.25, 0.3) is 0 Å². The molecule has 2 unspecified atom stereocenters. The molecule has 0 heterocycles. The van der Waals surface area contributed by atoms with Crippen molar-refractivity contribution in [3.8, 4) is 0 Å². The first kappa shape index (κ1) is 31.3. The fourth-order valence-corrected chi connectivity index (χ4v) is 4.07. The van der Waals surface area contributed by atoms with Gasteiger partial charge in [0.1, 0.15) is 0 Å². The molecule has 0 radical (unpaired) electrons. The van der Waals surface area contributed by atoms with Crippen molar-refractivity contribution in [2.24, 2.45) is 5.41 Å². The highest BCUT2D eigenvalue weighted by molar-refractivity contribution is 5.87. The van der Waals surface area contributed by atoms with Crippen molar-refractivity contribution in [2.45, 2.75) is 84.8 Å². The molecule has 2 aromatic rings. The molecule has 0 saturated carbocycles. The average molecular weight is 475 g/mol. The van der Waals surface area contributed by atoms with E-state index in [1.54, 1.807) is 60.7 Å². The Morgan fingerprint density at radius 3 is 1.29 bits per heavy atom. The van der Waals surface area contributed by atoms with Gasteiger partial charge in [-0.3, -0.25) is 0 Å². The van der Waals surface area contributed by atoms with Gasteiger partial charge in [0.05, 0.1) is 23.3 Å². The zero-order valence-electron chi connectivity index (χ0n) is 21.0. The van der Waals surface area contributed by atoms with E-state index in [9.17, 15) is 19.8 Å². The fraction of sp³-hybridized carbons (Fsp3) is 0.500. The first-order valence-electron chi connectivity index (χ1n) is 12.1. The maximum atomic E-state index is 10.4. The molecule has 6 nitrogen and oxygen atoms in total. The lowest BCUT2D eigenvalue weighted by atomic mass is 9.68. The lowest BCUT2D eigenvalue weighted by molar-refractivity contribution is -0.0867. The minimum atomic E-state index is -0.879. The molecule has 34 heavy (non-hydrogen) atoms. The Labute approximate surface area is 204 Å². The van der Waals surface area contributed by atoms with Crippen LogP contribution < -0.4 is 0 Å². The summed E-state index contributed by atoms with van der Waals surface area (Å²) in [7, 11) is 0. The van der Waals surface area contributed by atoms with E-state index in [1.165, 1.54) is 0 Å². The predicted molar refractivity (Wildman–Crippen MR) is 136 cm³/mol. The first-order valence-corrected chi connectivity index (χ1v) is 12.1. The van der Waals surface area contributed by atoms with Gasteiger partial charge in [-0.15, -0.1) is 0 Å². The third kappa shape index (κ3) is 10.9. The Bertz CT molecular complexity index is 736. The lowest BCUT2D eigenvalue weighted by Gasteiger charge is -2.42. The number of carboxylic acids is 2. The standard InChI is InChI=1S/C14H30O2.2C7H6O2/c1-5-9-13(16)14(10-6-2,11-7-3)12(15)8-4;2*8-7(9)6-4-2-1-3-5-6/h12-13,15-16H,5-11H2,1-4H3;2*1-5H,(H,8,9). The molecule has 0 fully saturated rings. The number of aliphatic hydroxyl groups excluding tert-OH is 2. The molecule has 4 N–H and O–H groups in total. The molecule has 0 aliphatic carbocycles. The molecule has 0 amide bonds. The van der Waals surface area contributed by atoms with Gasteiger partial charge < -0.3 is 20.4 Å². The summed E-state index contributed by atoms with van der Waals surface area (Å²) in [6.07, 6.45) is 5.70. The summed E-state index contributed by atoms with van der Waals surface area (Å²) in [5, 5.41) is 37.4. The lowest BCUT2D eigenvalue weighted by Crippen LogP contribution is -2.45. The molecule has 0 saturated heterocycles. The number of rotatable bonds is 11. The minimum absolute atomic E-state index is 0.270. The Morgan fingerprint density at radius 1 is 0.676 bits per heavy atom. The second kappa shape index (κ2) is 17.7. The Morgan fingerprint density at radius 2 is 1.06 bits per heavy atom. The van der Waals surface area contributed by atoms with Crippen molar-refractivity contribution in [3.63, 3.8) is 0 Å².